The third kappa shape index (κ3) is 3.26. The van der Waals surface area contributed by atoms with E-state index in [0.717, 1.165) is 6.07 Å². The van der Waals surface area contributed by atoms with Crippen molar-refractivity contribution in [2.24, 2.45) is 0 Å². The normalized spacial score (nSPS) is 16.4. The average Bonchev–Trinajstić information content (AvgIpc) is 2.38. The number of hydrogen-bond donors (Lipinski definition) is 0. The fourth-order valence-corrected chi connectivity index (χ4v) is 2.68. The summed E-state index contributed by atoms with van der Waals surface area (Å²) >= 11 is 2.93. The third-order valence-electron chi connectivity index (χ3n) is 3.35. The number of halogens is 4. The van der Waals surface area contributed by atoms with Crippen molar-refractivity contribution >= 4 is 27.5 Å². The van der Waals surface area contributed by atoms with E-state index in [1.807, 2.05) is 4.90 Å². The van der Waals surface area contributed by atoms with Crippen LogP contribution in [0.3, 0.4) is 0 Å². The van der Waals surface area contributed by atoms with Gasteiger partial charge in [0.2, 0.25) is 5.91 Å². The van der Waals surface area contributed by atoms with Gasteiger partial charge in [-0.1, -0.05) is 15.9 Å². The van der Waals surface area contributed by atoms with Crippen LogP contribution in [-0.4, -0.2) is 37.0 Å². The molecule has 1 aromatic rings. The Hall–Kier alpha value is -1.24. The first-order valence-electron chi connectivity index (χ1n) is 6.16. The van der Waals surface area contributed by atoms with Crippen LogP contribution in [0.1, 0.15) is 12.5 Å². The van der Waals surface area contributed by atoms with E-state index in [9.17, 15) is 18.0 Å². The molecule has 1 aromatic carbocycles. The van der Waals surface area contributed by atoms with E-state index in [0.29, 0.717) is 31.9 Å². The third-order valence-corrected chi connectivity index (χ3v) is 4.04. The topological polar surface area (TPSA) is 23.6 Å². The summed E-state index contributed by atoms with van der Waals surface area (Å²) in [5.41, 5.74) is -0.146. The van der Waals surface area contributed by atoms with Crippen molar-refractivity contribution in [3.63, 3.8) is 0 Å². The second-order valence-electron chi connectivity index (χ2n) is 4.66. The molecule has 7 heteroatoms. The van der Waals surface area contributed by atoms with Gasteiger partial charge >= 0.3 is 6.18 Å². The van der Waals surface area contributed by atoms with Crippen LogP contribution >= 0.6 is 15.9 Å². The maximum atomic E-state index is 12.9. The fourth-order valence-electron chi connectivity index (χ4n) is 2.21. The summed E-state index contributed by atoms with van der Waals surface area (Å²) in [6.45, 7) is 3.65. The summed E-state index contributed by atoms with van der Waals surface area (Å²) < 4.78 is 38.6. The fraction of sp³-hybridized carbons (Fsp3) is 0.462. The van der Waals surface area contributed by atoms with E-state index in [-0.39, 0.29) is 10.4 Å². The van der Waals surface area contributed by atoms with E-state index < -0.39 is 11.7 Å². The molecule has 0 atom stereocenters. The van der Waals surface area contributed by atoms with Gasteiger partial charge in [0.25, 0.3) is 0 Å². The summed E-state index contributed by atoms with van der Waals surface area (Å²) in [6.07, 6.45) is -4.38. The minimum Gasteiger partial charge on any atom is -0.368 e. The highest BCUT2D eigenvalue weighted by molar-refractivity contribution is 9.10. The van der Waals surface area contributed by atoms with Gasteiger partial charge in [0, 0.05) is 43.3 Å². The molecule has 110 valence electrons. The maximum absolute atomic E-state index is 12.9. The zero-order valence-corrected chi connectivity index (χ0v) is 12.5. The van der Waals surface area contributed by atoms with E-state index in [1.54, 1.807) is 11.0 Å². The molecule has 0 N–H and O–H groups in total. The average molecular weight is 351 g/mol. The van der Waals surface area contributed by atoms with Gasteiger partial charge in [-0.25, -0.2) is 0 Å². The number of carbonyl (C=O) groups is 1. The molecule has 0 saturated carbocycles. The van der Waals surface area contributed by atoms with Gasteiger partial charge in [0.1, 0.15) is 0 Å². The summed E-state index contributed by atoms with van der Waals surface area (Å²) in [6, 6.07) is 4.21. The number of anilines is 1. The van der Waals surface area contributed by atoms with E-state index in [4.69, 9.17) is 0 Å². The number of carbonyl (C=O) groups excluding carboxylic acids is 1. The lowest BCUT2D eigenvalue weighted by Crippen LogP contribution is -2.48. The van der Waals surface area contributed by atoms with Gasteiger partial charge in [-0.2, -0.15) is 13.2 Å². The smallest absolute Gasteiger partial charge is 0.368 e. The van der Waals surface area contributed by atoms with Crippen molar-refractivity contribution in [2.45, 2.75) is 13.1 Å². The molecular formula is C13H14BrF3N2O. The second kappa shape index (κ2) is 5.63. The highest BCUT2D eigenvalue weighted by Gasteiger charge is 2.33. The van der Waals surface area contributed by atoms with Crippen LogP contribution in [0, 0.1) is 0 Å². The Bertz CT molecular complexity index is 511. The quantitative estimate of drug-likeness (QED) is 0.776. The monoisotopic (exact) mass is 350 g/mol. The van der Waals surface area contributed by atoms with Crippen LogP contribution in [-0.2, 0) is 11.0 Å². The zero-order valence-electron chi connectivity index (χ0n) is 10.9. The van der Waals surface area contributed by atoms with Gasteiger partial charge in [0.15, 0.2) is 0 Å². The molecule has 3 nitrogen and oxygen atoms in total. The number of alkyl halides is 3. The second-order valence-corrected chi connectivity index (χ2v) is 5.51. The van der Waals surface area contributed by atoms with Gasteiger partial charge in [0.05, 0.1) is 5.56 Å². The van der Waals surface area contributed by atoms with E-state index in [2.05, 4.69) is 15.9 Å². The lowest BCUT2D eigenvalue weighted by molar-refractivity contribution is -0.138. The van der Waals surface area contributed by atoms with Crippen molar-refractivity contribution in [3.05, 3.63) is 28.2 Å². The Morgan fingerprint density at radius 3 is 2.30 bits per heavy atom. The van der Waals surface area contributed by atoms with Crippen LogP contribution in [0.4, 0.5) is 18.9 Å². The van der Waals surface area contributed by atoms with Crippen molar-refractivity contribution in [1.82, 2.24) is 4.90 Å². The molecule has 1 aliphatic heterocycles. The minimum atomic E-state index is -4.38. The number of hydrogen-bond acceptors (Lipinski definition) is 2. The maximum Gasteiger partial charge on any atom is 0.417 e. The largest absolute Gasteiger partial charge is 0.417 e. The van der Waals surface area contributed by atoms with E-state index in [1.165, 1.54) is 13.0 Å². The number of piperazine rings is 1. The molecule has 1 amide bonds. The predicted octanol–water partition coefficient (Wildman–Crippen LogP) is 3.14. The van der Waals surface area contributed by atoms with Crippen LogP contribution in [0.5, 0.6) is 0 Å². The molecule has 2 rings (SSSR count). The number of amides is 1. The predicted molar refractivity (Wildman–Crippen MR) is 73.6 cm³/mol. The van der Waals surface area contributed by atoms with Crippen LogP contribution < -0.4 is 4.90 Å². The van der Waals surface area contributed by atoms with Crippen molar-refractivity contribution < 1.29 is 18.0 Å². The minimum absolute atomic E-state index is 0.00330. The summed E-state index contributed by atoms with van der Waals surface area (Å²) in [5.74, 6) is -0.00330. The molecule has 0 unspecified atom stereocenters. The molecule has 0 radical (unpaired) electrons. The molecule has 0 aromatic heterocycles. The van der Waals surface area contributed by atoms with Gasteiger partial charge in [-0.05, 0) is 18.2 Å². The Morgan fingerprint density at radius 2 is 1.80 bits per heavy atom. The van der Waals surface area contributed by atoms with Crippen LogP contribution in [0.15, 0.2) is 22.7 Å². The van der Waals surface area contributed by atoms with Gasteiger partial charge in [-0.3, -0.25) is 4.79 Å². The molecule has 1 heterocycles. The lowest BCUT2D eigenvalue weighted by Gasteiger charge is -2.36. The Morgan fingerprint density at radius 1 is 1.20 bits per heavy atom. The van der Waals surface area contributed by atoms with Gasteiger partial charge in [-0.15, -0.1) is 0 Å². The van der Waals surface area contributed by atoms with Gasteiger partial charge < -0.3 is 9.80 Å². The Labute approximate surface area is 123 Å². The molecule has 0 aliphatic carbocycles. The molecule has 0 bridgehead atoms. The standard InChI is InChI=1S/C13H14BrF3N2O/c1-9(20)18-4-6-19(7-5-18)10-2-3-12(14)11(8-10)13(15,16)17/h2-3,8H,4-7H2,1H3. The van der Waals surface area contributed by atoms with E-state index >= 15 is 0 Å². The summed E-state index contributed by atoms with van der Waals surface area (Å²) in [5, 5.41) is 0. The molecule has 1 aliphatic rings. The Kier molecular flexibility index (Phi) is 4.27. The first-order valence-corrected chi connectivity index (χ1v) is 6.95. The van der Waals surface area contributed by atoms with Crippen molar-refractivity contribution in [1.29, 1.82) is 0 Å². The number of nitrogens with zero attached hydrogens (tertiary/aromatic N) is 2. The number of rotatable bonds is 1. The van der Waals surface area contributed by atoms with Crippen LogP contribution in [0.25, 0.3) is 0 Å². The first-order chi connectivity index (χ1) is 9.29. The zero-order chi connectivity index (χ0) is 14.9. The Balaban J connectivity index is 2.17. The SMILES string of the molecule is CC(=O)N1CCN(c2ccc(Br)c(C(F)(F)F)c2)CC1. The van der Waals surface area contributed by atoms with Crippen molar-refractivity contribution in [2.75, 3.05) is 31.1 Å². The summed E-state index contributed by atoms with van der Waals surface area (Å²) in [7, 11) is 0. The van der Waals surface area contributed by atoms with Crippen molar-refractivity contribution in [3.8, 4) is 0 Å². The number of benzene rings is 1. The highest BCUT2D eigenvalue weighted by Crippen LogP contribution is 2.37. The molecule has 1 fully saturated rings. The molecule has 0 spiro atoms. The summed E-state index contributed by atoms with van der Waals surface area (Å²) in [4.78, 5) is 14.8. The first kappa shape index (κ1) is 15.2. The highest BCUT2D eigenvalue weighted by atomic mass is 79.9. The molecule has 20 heavy (non-hydrogen) atoms. The molecule has 1 saturated heterocycles. The van der Waals surface area contributed by atoms with Crippen LogP contribution in [0.2, 0.25) is 0 Å². The lowest BCUT2D eigenvalue weighted by atomic mass is 10.1. The molecular weight excluding hydrogens is 337 g/mol.